The molecule has 0 saturated carbocycles. The lowest BCUT2D eigenvalue weighted by Gasteiger charge is -2.10. The van der Waals surface area contributed by atoms with Crippen LogP contribution in [0, 0.1) is 0 Å². The number of nitrogens with one attached hydrogen (secondary N) is 1. The van der Waals surface area contributed by atoms with Crippen LogP contribution in [0.25, 0.3) is 28.2 Å². The SMILES string of the molecule is CS(=O)(=O)Nc1cccc(Oc2cc3c(cn2)nc(-c2nonc2N)n3-c2ccc(O)cc2)c1. The average molecular weight is 479 g/mol. The predicted molar refractivity (Wildman–Crippen MR) is 123 cm³/mol. The summed E-state index contributed by atoms with van der Waals surface area (Å²) >= 11 is 0. The zero-order valence-electron chi connectivity index (χ0n) is 17.6. The van der Waals surface area contributed by atoms with Crippen LogP contribution in [0.4, 0.5) is 11.5 Å². The molecule has 12 nitrogen and oxygen atoms in total. The third-order valence-electron chi connectivity index (χ3n) is 4.71. The third kappa shape index (κ3) is 4.19. The number of hydrogen-bond acceptors (Lipinski definition) is 10. The van der Waals surface area contributed by atoms with Crippen molar-refractivity contribution in [2.24, 2.45) is 0 Å². The van der Waals surface area contributed by atoms with Crippen LogP contribution in [0.1, 0.15) is 0 Å². The lowest BCUT2D eigenvalue weighted by Crippen LogP contribution is -2.09. The molecule has 13 heteroatoms. The van der Waals surface area contributed by atoms with Gasteiger partial charge in [-0.25, -0.2) is 23.0 Å². The number of aromatic nitrogens is 5. The van der Waals surface area contributed by atoms with Gasteiger partial charge in [-0.2, -0.15) is 0 Å². The van der Waals surface area contributed by atoms with Crippen LogP contribution in [0.5, 0.6) is 17.4 Å². The maximum absolute atomic E-state index is 11.5. The second kappa shape index (κ2) is 8.04. The number of nitrogens with two attached hydrogens (primary N) is 1. The molecule has 0 bridgehead atoms. The molecule has 0 aliphatic heterocycles. The van der Waals surface area contributed by atoms with E-state index in [9.17, 15) is 13.5 Å². The molecule has 172 valence electrons. The Balaban J connectivity index is 1.60. The van der Waals surface area contributed by atoms with Crippen LogP contribution in [0.3, 0.4) is 0 Å². The number of benzene rings is 2. The van der Waals surface area contributed by atoms with Crippen LogP contribution in [0.2, 0.25) is 0 Å². The number of rotatable bonds is 6. The third-order valence-corrected chi connectivity index (χ3v) is 5.32. The van der Waals surface area contributed by atoms with E-state index < -0.39 is 10.0 Å². The van der Waals surface area contributed by atoms with Crippen molar-refractivity contribution in [1.29, 1.82) is 0 Å². The first-order chi connectivity index (χ1) is 16.3. The Hall–Kier alpha value is -4.65. The van der Waals surface area contributed by atoms with Crippen molar-refractivity contribution in [3.05, 3.63) is 60.8 Å². The van der Waals surface area contributed by atoms with Gasteiger partial charge in [0.15, 0.2) is 17.3 Å². The second-order valence-electron chi connectivity index (χ2n) is 7.30. The number of sulfonamides is 1. The molecule has 2 aromatic carbocycles. The molecule has 0 fully saturated rings. The number of nitrogen functional groups attached to an aromatic ring is 1. The minimum atomic E-state index is -3.44. The highest BCUT2D eigenvalue weighted by atomic mass is 32.2. The Morgan fingerprint density at radius 2 is 1.91 bits per heavy atom. The van der Waals surface area contributed by atoms with Gasteiger partial charge >= 0.3 is 0 Å². The Morgan fingerprint density at radius 3 is 2.62 bits per heavy atom. The quantitative estimate of drug-likeness (QED) is 0.329. The highest BCUT2D eigenvalue weighted by Gasteiger charge is 2.21. The molecule has 34 heavy (non-hydrogen) atoms. The minimum absolute atomic E-state index is 0.0648. The smallest absolute Gasteiger partial charge is 0.229 e. The van der Waals surface area contributed by atoms with Gasteiger partial charge < -0.3 is 15.6 Å². The first-order valence-electron chi connectivity index (χ1n) is 9.79. The van der Waals surface area contributed by atoms with Crippen LogP contribution >= 0.6 is 0 Å². The van der Waals surface area contributed by atoms with Gasteiger partial charge in [0.1, 0.15) is 17.0 Å². The summed E-state index contributed by atoms with van der Waals surface area (Å²) in [7, 11) is -3.44. The number of imidazole rings is 1. The van der Waals surface area contributed by atoms with Crippen molar-refractivity contribution in [2.45, 2.75) is 0 Å². The van der Waals surface area contributed by atoms with E-state index in [2.05, 4.69) is 25.0 Å². The molecule has 3 heterocycles. The van der Waals surface area contributed by atoms with E-state index in [1.165, 1.54) is 24.4 Å². The van der Waals surface area contributed by atoms with Crippen LogP contribution in [-0.2, 0) is 10.0 Å². The lowest BCUT2D eigenvalue weighted by atomic mass is 10.2. The summed E-state index contributed by atoms with van der Waals surface area (Å²) in [6, 6.07) is 14.6. The molecule has 0 unspecified atom stereocenters. The molecule has 0 atom stereocenters. The fraction of sp³-hybridized carbons (Fsp3) is 0.0476. The maximum Gasteiger partial charge on any atom is 0.229 e. The molecule has 3 aromatic heterocycles. The number of nitrogens with zero attached hydrogens (tertiary/aromatic N) is 5. The summed E-state index contributed by atoms with van der Waals surface area (Å²) in [5.74, 6) is 1.14. The average Bonchev–Trinajstić information content (AvgIpc) is 3.36. The van der Waals surface area contributed by atoms with E-state index in [0.717, 1.165) is 6.26 Å². The largest absolute Gasteiger partial charge is 0.508 e. The van der Waals surface area contributed by atoms with Gasteiger partial charge in [-0.1, -0.05) is 6.07 Å². The standard InChI is InChI=1S/C21H17N7O5S/c1-34(30,31)27-12-3-2-4-15(9-12)32-18-10-17-16(11-23-18)24-21(19-20(22)26-33-25-19)28(17)13-5-7-14(29)8-6-13/h2-11,27,29H,1H3,(H2,22,26). The Labute approximate surface area is 192 Å². The molecule has 0 radical (unpaired) electrons. The zero-order valence-corrected chi connectivity index (χ0v) is 18.4. The lowest BCUT2D eigenvalue weighted by molar-refractivity contribution is 0.310. The van der Waals surface area contributed by atoms with Crippen molar-refractivity contribution < 1.29 is 22.9 Å². The van der Waals surface area contributed by atoms with E-state index in [-0.39, 0.29) is 23.1 Å². The number of ether oxygens (including phenoxy) is 1. The van der Waals surface area contributed by atoms with Crippen LogP contribution in [-0.4, -0.2) is 44.6 Å². The summed E-state index contributed by atoms with van der Waals surface area (Å²) in [6.07, 6.45) is 2.59. The number of phenols is 1. The normalized spacial score (nSPS) is 11.6. The van der Waals surface area contributed by atoms with E-state index in [4.69, 9.17) is 15.1 Å². The monoisotopic (exact) mass is 479 g/mol. The number of aromatic hydroxyl groups is 1. The Morgan fingerprint density at radius 1 is 1.12 bits per heavy atom. The Kier molecular flexibility index (Phi) is 5.02. The van der Waals surface area contributed by atoms with Crippen molar-refractivity contribution in [3.8, 4) is 34.6 Å². The fourth-order valence-corrected chi connectivity index (χ4v) is 3.90. The number of hydrogen-bond donors (Lipinski definition) is 3. The van der Waals surface area contributed by atoms with Crippen molar-refractivity contribution in [3.63, 3.8) is 0 Å². The number of pyridine rings is 1. The van der Waals surface area contributed by atoms with E-state index in [0.29, 0.717) is 34.0 Å². The van der Waals surface area contributed by atoms with Gasteiger partial charge in [0.2, 0.25) is 15.9 Å². The van der Waals surface area contributed by atoms with E-state index >= 15 is 0 Å². The molecule has 0 saturated heterocycles. The van der Waals surface area contributed by atoms with Gasteiger partial charge in [-0.15, -0.1) is 0 Å². The summed E-state index contributed by atoms with van der Waals surface area (Å²) in [4.78, 5) is 8.89. The van der Waals surface area contributed by atoms with E-state index in [1.807, 2.05) is 0 Å². The molecule has 4 N–H and O–H groups in total. The highest BCUT2D eigenvalue weighted by Crippen LogP contribution is 2.32. The highest BCUT2D eigenvalue weighted by molar-refractivity contribution is 7.92. The first kappa shape index (κ1) is 21.2. The van der Waals surface area contributed by atoms with Crippen molar-refractivity contribution in [1.82, 2.24) is 24.8 Å². The molecule has 5 rings (SSSR count). The molecule has 5 aromatic rings. The molecule has 0 aliphatic carbocycles. The molecule has 0 amide bonds. The van der Waals surface area contributed by atoms with Gasteiger partial charge in [0.05, 0.1) is 23.7 Å². The number of anilines is 2. The first-order valence-corrected chi connectivity index (χ1v) is 11.7. The predicted octanol–water partition coefficient (Wildman–Crippen LogP) is 2.92. The second-order valence-corrected chi connectivity index (χ2v) is 9.05. The van der Waals surface area contributed by atoms with Gasteiger partial charge in [0.25, 0.3) is 0 Å². The van der Waals surface area contributed by atoms with Crippen LogP contribution < -0.4 is 15.2 Å². The molecule has 0 spiro atoms. The fourth-order valence-electron chi connectivity index (χ4n) is 3.35. The van der Waals surface area contributed by atoms with Crippen molar-refractivity contribution in [2.75, 3.05) is 16.7 Å². The van der Waals surface area contributed by atoms with Gasteiger partial charge in [0, 0.05) is 17.8 Å². The maximum atomic E-state index is 11.5. The summed E-state index contributed by atoms with van der Waals surface area (Å²) in [5.41, 5.74) is 8.29. The van der Waals surface area contributed by atoms with E-state index in [1.54, 1.807) is 41.0 Å². The number of fused-ring (bicyclic) bond motifs is 1. The number of phenolic OH excluding ortho intramolecular Hbond substituents is 1. The molecular weight excluding hydrogens is 462 g/mol. The summed E-state index contributed by atoms with van der Waals surface area (Å²) in [5, 5.41) is 17.2. The molecule has 0 aliphatic rings. The topological polar surface area (TPSA) is 171 Å². The minimum Gasteiger partial charge on any atom is -0.508 e. The summed E-state index contributed by atoms with van der Waals surface area (Å²) < 4.78 is 37.8. The zero-order chi connectivity index (χ0) is 23.9. The molecular formula is C21H17N7O5S. The summed E-state index contributed by atoms with van der Waals surface area (Å²) in [6.45, 7) is 0. The van der Waals surface area contributed by atoms with Crippen LogP contribution in [0.15, 0.2) is 65.4 Å². The Bertz CT molecular complexity index is 1610. The van der Waals surface area contributed by atoms with Gasteiger partial charge in [-0.05, 0) is 46.7 Å². The van der Waals surface area contributed by atoms with Gasteiger partial charge in [-0.3, -0.25) is 9.29 Å². The van der Waals surface area contributed by atoms with Crippen molar-refractivity contribution >= 4 is 32.6 Å².